The molecular formula is C43H84NO8P. The van der Waals surface area contributed by atoms with Gasteiger partial charge in [0, 0.05) is 19.4 Å². The zero-order valence-corrected chi connectivity index (χ0v) is 35.4. The molecule has 0 saturated heterocycles. The van der Waals surface area contributed by atoms with Crippen molar-refractivity contribution in [3.05, 3.63) is 12.2 Å². The number of esters is 1. The molecule has 0 aliphatic carbocycles. The first-order valence-electron chi connectivity index (χ1n) is 22.2. The smallest absolute Gasteiger partial charge is 0.463 e. The fourth-order valence-corrected chi connectivity index (χ4v) is 7.07. The summed E-state index contributed by atoms with van der Waals surface area (Å²) in [6.45, 7) is 3.56. The number of hydrogen-bond acceptors (Lipinski definition) is 7. The normalized spacial score (nSPS) is 13.4. The minimum absolute atomic E-state index is 0.0806. The number of ether oxygens (including phenoxy) is 1. The molecule has 2 atom stereocenters. The third-order valence-electron chi connectivity index (χ3n) is 9.70. The average Bonchev–Trinajstić information content (AvgIpc) is 3.14. The van der Waals surface area contributed by atoms with Crippen molar-refractivity contribution in [2.45, 2.75) is 225 Å². The summed E-state index contributed by atoms with van der Waals surface area (Å²) in [7, 11) is -4.41. The predicted molar refractivity (Wildman–Crippen MR) is 220 cm³/mol. The van der Waals surface area contributed by atoms with E-state index in [4.69, 9.17) is 13.8 Å². The summed E-state index contributed by atoms with van der Waals surface area (Å²) < 4.78 is 26.9. The molecule has 0 aliphatic rings. The molecule has 0 aromatic rings. The Kier molecular flexibility index (Phi) is 39.5. The van der Waals surface area contributed by atoms with E-state index >= 15 is 0 Å². The maximum absolute atomic E-state index is 12.1. The quantitative estimate of drug-likeness (QED) is 0.0242. The van der Waals surface area contributed by atoms with Crippen molar-refractivity contribution >= 4 is 19.7 Å². The summed E-state index contributed by atoms with van der Waals surface area (Å²) >= 11 is 0. The molecule has 0 radical (unpaired) electrons. The molecule has 2 unspecified atom stereocenters. The van der Waals surface area contributed by atoms with Crippen molar-refractivity contribution in [3.8, 4) is 0 Å². The largest absolute Gasteiger partial charge is 0.472 e. The predicted octanol–water partition coefficient (Wildman–Crippen LogP) is 12.2. The third kappa shape index (κ3) is 41.7. The van der Waals surface area contributed by atoms with Gasteiger partial charge in [-0.3, -0.25) is 18.6 Å². The number of carbonyl (C=O) groups is 2. The van der Waals surface area contributed by atoms with Gasteiger partial charge in [-0.1, -0.05) is 180 Å². The highest BCUT2D eigenvalue weighted by atomic mass is 31.2. The Morgan fingerprint density at radius 1 is 0.566 bits per heavy atom. The van der Waals surface area contributed by atoms with E-state index in [0.29, 0.717) is 6.42 Å². The molecule has 0 spiro atoms. The fourth-order valence-electron chi connectivity index (χ4n) is 6.32. The Morgan fingerprint density at radius 3 is 1.42 bits per heavy atom. The molecule has 9 nitrogen and oxygen atoms in total. The molecule has 3 N–H and O–H groups in total. The molecule has 0 aliphatic heterocycles. The van der Waals surface area contributed by atoms with Gasteiger partial charge in [-0.15, -0.1) is 0 Å². The molecule has 10 heteroatoms. The monoisotopic (exact) mass is 774 g/mol. The second kappa shape index (κ2) is 40.4. The van der Waals surface area contributed by atoms with Crippen LogP contribution in [-0.2, 0) is 27.9 Å². The van der Waals surface area contributed by atoms with Crippen molar-refractivity contribution in [1.82, 2.24) is 5.32 Å². The van der Waals surface area contributed by atoms with Crippen LogP contribution in [0.25, 0.3) is 0 Å². The molecule has 0 rings (SSSR count). The van der Waals surface area contributed by atoms with Crippen molar-refractivity contribution in [2.24, 2.45) is 0 Å². The van der Waals surface area contributed by atoms with Gasteiger partial charge in [0.25, 0.3) is 0 Å². The lowest BCUT2D eigenvalue weighted by Crippen LogP contribution is -2.27. The molecule has 0 fully saturated rings. The molecular weight excluding hydrogens is 689 g/mol. The van der Waals surface area contributed by atoms with Crippen LogP contribution >= 0.6 is 7.82 Å². The summed E-state index contributed by atoms with van der Waals surface area (Å²) in [5.41, 5.74) is 0. The molecule has 314 valence electrons. The lowest BCUT2D eigenvalue weighted by Gasteiger charge is -2.15. The Morgan fingerprint density at radius 2 is 0.962 bits per heavy atom. The van der Waals surface area contributed by atoms with Gasteiger partial charge >= 0.3 is 13.8 Å². The average molecular weight is 774 g/mol. The number of nitrogens with one attached hydrogen (secondary N) is 1. The van der Waals surface area contributed by atoms with Crippen molar-refractivity contribution in [2.75, 3.05) is 26.4 Å². The van der Waals surface area contributed by atoms with Crippen LogP contribution < -0.4 is 5.32 Å². The van der Waals surface area contributed by atoms with Gasteiger partial charge in [-0.05, 0) is 38.5 Å². The van der Waals surface area contributed by atoms with Crippen LogP contribution in [0.4, 0.5) is 0 Å². The maximum Gasteiger partial charge on any atom is 0.472 e. The van der Waals surface area contributed by atoms with E-state index in [-0.39, 0.29) is 32.1 Å². The van der Waals surface area contributed by atoms with Crippen LogP contribution in [0, 0.1) is 0 Å². The van der Waals surface area contributed by atoms with E-state index in [1.54, 1.807) is 0 Å². The van der Waals surface area contributed by atoms with Crippen LogP contribution in [0.5, 0.6) is 0 Å². The summed E-state index contributed by atoms with van der Waals surface area (Å²) in [5.74, 6) is -0.516. The first kappa shape index (κ1) is 51.8. The zero-order chi connectivity index (χ0) is 38.9. The molecule has 0 saturated carbocycles. The van der Waals surface area contributed by atoms with E-state index in [1.165, 1.54) is 148 Å². The summed E-state index contributed by atoms with van der Waals surface area (Å²) in [4.78, 5) is 33.9. The number of carbonyl (C=O) groups excluding carboxylic acids is 2. The van der Waals surface area contributed by atoms with Crippen LogP contribution in [-0.4, -0.2) is 54.3 Å². The van der Waals surface area contributed by atoms with Gasteiger partial charge < -0.3 is 20.1 Å². The first-order valence-corrected chi connectivity index (χ1v) is 23.7. The number of rotatable bonds is 42. The number of phosphoric ester groups is 1. The summed E-state index contributed by atoms with van der Waals surface area (Å²) in [6.07, 6.45) is 41.4. The summed E-state index contributed by atoms with van der Waals surface area (Å²) in [5, 5.41) is 12.7. The van der Waals surface area contributed by atoms with E-state index < -0.39 is 26.5 Å². The highest BCUT2D eigenvalue weighted by Gasteiger charge is 2.23. The molecule has 0 bridgehead atoms. The lowest BCUT2D eigenvalue weighted by molar-refractivity contribution is -0.147. The molecule has 0 heterocycles. The Hall–Kier alpha value is -1.25. The highest BCUT2D eigenvalue weighted by Crippen LogP contribution is 2.42. The number of phosphoric acid groups is 1. The van der Waals surface area contributed by atoms with Gasteiger partial charge in [0.1, 0.15) is 12.7 Å². The van der Waals surface area contributed by atoms with Gasteiger partial charge in [0.15, 0.2) is 0 Å². The Balaban J connectivity index is 3.56. The topological polar surface area (TPSA) is 131 Å². The maximum atomic E-state index is 12.1. The van der Waals surface area contributed by atoms with E-state index in [2.05, 4.69) is 31.3 Å². The molecule has 0 aromatic carbocycles. The standard InChI is InChI=1S/C43H84NO8P/c1-3-5-7-9-11-13-15-17-19-20-21-22-24-26-28-30-32-34-36-43(47)50-39-41(45)40-52-53(48,49)51-38-37-44-42(46)35-33-31-29-27-25-23-18-16-14-12-10-8-6-4-2/h16,18,41,45H,3-15,17,19-40H2,1-2H3,(H,44,46)(H,48,49)/b18-16-. The zero-order valence-electron chi connectivity index (χ0n) is 34.5. The van der Waals surface area contributed by atoms with Crippen LogP contribution in [0.2, 0.25) is 0 Å². The number of aliphatic hydroxyl groups excluding tert-OH is 1. The van der Waals surface area contributed by atoms with Gasteiger partial charge in [0.2, 0.25) is 5.91 Å². The number of allylic oxidation sites excluding steroid dienone is 2. The van der Waals surface area contributed by atoms with Gasteiger partial charge in [-0.2, -0.15) is 0 Å². The van der Waals surface area contributed by atoms with Crippen molar-refractivity contribution < 1.29 is 37.9 Å². The van der Waals surface area contributed by atoms with Crippen LogP contribution in [0.1, 0.15) is 219 Å². The minimum atomic E-state index is -4.41. The first-order chi connectivity index (χ1) is 25.8. The van der Waals surface area contributed by atoms with Crippen molar-refractivity contribution in [1.29, 1.82) is 0 Å². The number of aliphatic hydroxyl groups is 1. The molecule has 53 heavy (non-hydrogen) atoms. The summed E-state index contributed by atoms with van der Waals surface area (Å²) in [6, 6.07) is 0. The van der Waals surface area contributed by atoms with Gasteiger partial charge in [0.05, 0.1) is 13.2 Å². The number of unbranched alkanes of at least 4 members (excludes halogenated alkanes) is 27. The SMILES string of the molecule is CCCCCCC/C=C\CCCCCCCC(=O)NCCOP(=O)(O)OCC(O)COC(=O)CCCCCCCCCCCCCCCCCCCC. The van der Waals surface area contributed by atoms with Crippen molar-refractivity contribution in [3.63, 3.8) is 0 Å². The third-order valence-corrected chi connectivity index (χ3v) is 10.7. The fraction of sp³-hybridized carbons (Fsp3) is 0.907. The van der Waals surface area contributed by atoms with E-state index in [1.807, 2.05) is 0 Å². The van der Waals surface area contributed by atoms with E-state index in [0.717, 1.165) is 44.9 Å². The minimum Gasteiger partial charge on any atom is -0.463 e. The van der Waals surface area contributed by atoms with Gasteiger partial charge in [-0.25, -0.2) is 4.57 Å². The Bertz CT molecular complexity index is 886. The molecule has 0 aromatic heterocycles. The van der Waals surface area contributed by atoms with E-state index in [9.17, 15) is 24.2 Å². The second-order valence-corrected chi connectivity index (χ2v) is 16.5. The number of amides is 1. The second-order valence-electron chi connectivity index (χ2n) is 15.0. The Labute approximate surface area is 326 Å². The number of hydrogen-bond donors (Lipinski definition) is 3. The van der Waals surface area contributed by atoms with Crippen LogP contribution in [0.15, 0.2) is 12.2 Å². The highest BCUT2D eigenvalue weighted by molar-refractivity contribution is 7.47. The van der Waals surface area contributed by atoms with Crippen LogP contribution in [0.3, 0.4) is 0 Å². The lowest BCUT2D eigenvalue weighted by atomic mass is 10.0. The molecule has 1 amide bonds.